The minimum absolute atomic E-state index is 0. The molecule has 1 unspecified atom stereocenters. The van der Waals surface area contributed by atoms with E-state index in [1.54, 1.807) is 7.05 Å². The molecule has 1 heterocycles. The third-order valence-electron chi connectivity index (χ3n) is 4.60. The highest BCUT2D eigenvalue weighted by atomic mass is 127. The Morgan fingerprint density at radius 2 is 1.89 bits per heavy atom. The van der Waals surface area contributed by atoms with Crippen LogP contribution in [0.2, 0.25) is 0 Å². The minimum Gasteiger partial charge on any atom is -0.356 e. The summed E-state index contributed by atoms with van der Waals surface area (Å²) >= 11 is 0. The van der Waals surface area contributed by atoms with Crippen LogP contribution in [0.5, 0.6) is 0 Å². The van der Waals surface area contributed by atoms with E-state index in [9.17, 15) is 0 Å². The predicted molar refractivity (Wildman–Crippen MR) is 125 cm³/mol. The summed E-state index contributed by atoms with van der Waals surface area (Å²) in [6, 6.07) is 18.9. The monoisotopic (exact) mass is 474 g/mol. The molecule has 0 radical (unpaired) electrons. The quantitative estimate of drug-likeness (QED) is 0.322. The van der Waals surface area contributed by atoms with E-state index in [0.717, 1.165) is 18.0 Å². The molecule has 3 aromatic rings. The van der Waals surface area contributed by atoms with Gasteiger partial charge in [0.1, 0.15) is 0 Å². The second kappa shape index (κ2) is 10.3. The molecule has 0 bridgehead atoms. The van der Waals surface area contributed by atoms with Crippen molar-refractivity contribution >= 4 is 40.8 Å². The molecular weight excluding hydrogens is 447 g/mol. The Labute approximate surface area is 178 Å². The molecule has 0 fully saturated rings. The van der Waals surface area contributed by atoms with Gasteiger partial charge in [0.25, 0.3) is 0 Å². The number of guanidine groups is 1. The third-order valence-corrected chi connectivity index (χ3v) is 4.60. The lowest BCUT2D eigenvalue weighted by molar-refractivity contribution is 0.699. The van der Waals surface area contributed by atoms with E-state index in [0.29, 0.717) is 12.5 Å². The maximum absolute atomic E-state index is 4.42. The molecule has 2 N–H and O–H groups in total. The van der Waals surface area contributed by atoms with Crippen molar-refractivity contribution in [3.8, 4) is 0 Å². The van der Waals surface area contributed by atoms with E-state index in [-0.39, 0.29) is 24.0 Å². The molecule has 3 rings (SSSR count). The van der Waals surface area contributed by atoms with Crippen LogP contribution in [-0.2, 0) is 6.54 Å². The fourth-order valence-electron chi connectivity index (χ4n) is 3.05. The number of halogens is 1. The summed E-state index contributed by atoms with van der Waals surface area (Å²) in [5.74, 6) is 1.22. The van der Waals surface area contributed by atoms with Crippen LogP contribution in [0.1, 0.15) is 29.5 Å². The highest BCUT2D eigenvalue weighted by Gasteiger charge is 2.08. The van der Waals surface area contributed by atoms with Gasteiger partial charge >= 0.3 is 0 Å². The zero-order valence-corrected chi connectivity index (χ0v) is 18.4. The number of pyridine rings is 1. The van der Waals surface area contributed by atoms with Gasteiger partial charge in [0.15, 0.2) is 5.96 Å². The maximum atomic E-state index is 4.42. The summed E-state index contributed by atoms with van der Waals surface area (Å²) < 4.78 is 0. The minimum atomic E-state index is 0. The molecule has 0 aliphatic rings. The Morgan fingerprint density at radius 1 is 1.07 bits per heavy atom. The number of benzene rings is 2. The number of hydrogen-bond donors (Lipinski definition) is 2. The summed E-state index contributed by atoms with van der Waals surface area (Å²) in [7, 11) is 1.80. The number of aliphatic imine (C=N–C) groups is 1. The number of nitrogens with one attached hydrogen (secondary N) is 2. The molecule has 1 aromatic heterocycles. The third kappa shape index (κ3) is 5.66. The summed E-state index contributed by atoms with van der Waals surface area (Å²) in [4.78, 5) is 8.76. The molecule has 0 saturated heterocycles. The molecule has 27 heavy (non-hydrogen) atoms. The average Bonchev–Trinajstić information content (AvgIpc) is 2.68. The van der Waals surface area contributed by atoms with Gasteiger partial charge in [0.05, 0.1) is 5.52 Å². The van der Waals surface area contributed by atoms with E-state index in [2.05, 4.69) is 70.9 Å². The molecule has 0 amide bonds. The molecule has 4 nitrogen and oxygen atoms in total. The van der Waals surface area contributed by atoms with E-state index in [4.69, 9.17) is 0 Å². The van der Waals surface area contributed by atoms with Crippen molar-refractivity contribution < 1.29 is 0 Å². The van der Waals surface area contributed by atoms with Gasteiger partial charge < -0.3 is 10.6 Å². The molecule has 1 atom stereocenters. The molecule has 142 valence electrons. The molecule has 0 aliphatic carbocycles. The lowest BCUT2D eigenvalue weighted by atomic mass is 9.99. The Balaban J connectivity index is 0.00000261. The summed E-state index contributed by atoms with van der Waals surface area (Å²) in [6.45, 7) is 5.90. The smallest absolute Gasteiger partial charge is 0.191 e. The van der Waals surface area contributed by atoms with Crippen LogP contribution >= 0.6 is 24.0 Å². The van der Waals surface area contributed by atoms with Crippen LogP contribution in [0.3, 0.4) is 0 Å². The number of nitrogens with zero attached hydrogens (tertiary/aromatic N) is 2. The van der Waals surface area contributed by atoms with Gasteiger partial charge in [-0.1, -0.05) is 55.0 Å². The van der Waals surface area contributed by atoms with Crippen molar-refractivity contribution in [3.63, 3.8) is 0 Å². The van der Waals surface area contributed by atoms with Gasteiger partial charge in [-0.25, -0.2) is 0 Å². The normalized spacial score (nSPS) is 12.3. The van der Waals surface area contributed by atoms with Gasteiger partial charge in [-0.15, -0.1) is 24.0 Å². The van der Waals surface area contributed by atoms with Crippen LogP contribution in [0.25, 0.3) is 10.9 Å². The van der Waals surface area contributed by atoms with Crippen LogP contribution in [0, 0.1) is 6.92 Å². The van der Waals surface area contributed by atoms with E-state index in [1.165, 1.54) is 22.1 Å². The summed E-state index contributed by atoms with van der Waals surface area (Å²) in [6.07, 6.45) is 1.86. The average molecular weight is 474 g/mol. The topological polar surface area (TPSA) is 49.3 Å². The Kier molecular flexibility index (Phi) is 8.03. The Morgan fingerprint density at radius 3 is 2.67 bits per heavy atom. The predicted octanol–water partition coefficient (Wildman–Crippen LogP) is 4.63. The molecule has 0 aliphatic heterocycles. The molecule has 5 heteroatoms. The number of aryl methyl sites for hydroxylation is 1. The zero-order valence-electron chi connectivity index (χ0n) is 16.1. The number of fused-ring (bicyclic) bond motifs is 1. The first-order valence-corrected chi connectivity index (χ1v) is 9.01. The Hall–Kier alpha value is -2.15. The van der Waals surface area contributed by atoms with Crippen molar-refractivity contribution in [2.24, 2.45) is 4.99 Å². The standard InChI is InChI=1S/C22H26N4.HI/c1-16-7-6-8-18(13-16)17(2)14-25-22(23-3)26-15-19-11-12-24-21-10-5-4-9-20(19)21;/h4-13,17H,14-15H2,1-3H3,(H2,23,25,26);1H. The zero-order chi connectivity index (χ0) is 18.4. The van der Waals surface area contributed by atoms with Crippen molar-refractivity contribution in [1.82, 2.24) is 15.6 Å². The number of aromatic nitrogens is 1. The van der Waals surface area contributed by atoms with Crippen LogP contribution in [0.4, 0.5) is 0 Å². The fourth-order valence-corrected chi connectivity index (χ4v) is 3.05. The van der Waals surface area contributed by atoms with Crippen molar-refractivity contribution in [3.05, 3.63) is 77.5 Å². The van der Waals surface area contributed by atoms with Crippen LogP contribution in [0.15, 0.2) is 65.8 Å². The highest BCUT2D eigenvalue weighted by Crippen LogP contribution is 2.16. The van der Waals surface area contributed by atoms with Crippen LogP contribution < -0.4 is 10.6 Å². The number of para-hydroxylation sites is 1. The van der Waals surface area contributed by atoms with E-state index in [1.807, 2.05) is 24.4 Å². The molecule has 0 saturated carbocycles. The Bertz CT molecular complexity index is 902. The first-order chi connectivity index (χ1) is 12.7. The second-order valence-corrected chi connectivity index (χ2v) is 6.61. The second-order valence-electron chi connectivity index (χ2n) is 6.61. The van der Waals surface area contributed by atoms with Crippen molar-refractivity contribution in [2.45, 2.75) is 26.3 Å². The molecule has 0 spiro atoms. The SMILES string of the molecule is CN=C(NCc1ccnc2ccccc12)NCC(C)c1cccc(C)c1.I. The van der Waals surface area contributed by atoms with E-state index < -0.39 is 0 Å². The van der Waals surface area contributed by atoms with Gasteiger partial charge in [-0.05, 0) is 36.1 Å². The molecular formula is C22H27IN4. The lowest BCUT2D eigenvalue weighted by Crippen LogP contribution is -2.38. The largest absolute Gasteiger partial charge is 0.356 e. The van der Waals surface area contributed by atoms with Gasteiger partial charge in [0.2, 0.25) is 0 Å². The molecule has 2 aromatic carbocycles. The maximum Gasteiger partial charge on any atom is 0.191 e. The summed E-state index contributed by atoms with van der Waals surface area (Å²) in [5, 5.41) is 8.01. The summed E-state index contributed by atoms with van der Waals surface area (Å²) in [5.41, 5.74) is 4.86. The first-order valence-electron chi connectivity index (χ1n) is 9.01. The number of rotatable bonds is 5. The van der Waals surface area contributed by atoms with Crippen molar-refractivity contribution in [1.29, 1.82) is 0 Å². The van der Waals surface area contributed by atoms with E-state index >= 15 is 0 Å². The first kappa shape index (κ1) is 21.2. The van der Waals surface area contributed by atoms with Gasteiger partial charge in [-0.2, -0.15) is 0 Å². The fraction of sp³-hybridized carbons (Fsp3) is 0.273. The lowest BCUT2D eigenvalue weighted by Gasteiger charge is -2.17. The van der Waals surface area contributed by atoms with Gasteiger partial charge in [-0.3, -0.25) is 9.98 Å². The van der Waals surface area contributed by atoms with Crippen molar-refractivity contribution in [2.75, 3.05) is 13.6 Å². The van der Waals surface area contributed by atoms with Crippen LogP contribution in [-0.4, -0.2) is 24.5 Å². The van der Waals surface area contributed by atoms with Gasteiger partial charge in [0, 0.05) is 31.7 Å². The highest BCUT2D eigenvalue weighted by molar-refractivity contribution is 14.0. The number of hydrogen-bond acceptors (Lipinski definition) is 2.